The van der Waals surface area contributed by atoms with Crippen LogP contribution >= 0.6 is 11.6 Å². The van der Waals surface area contributed by atoms with Crippen molar-refractivity contribution in [3.8, 4) is 0 Å². The van der Waals surface area contributed by atoms with E-state index in [1.807, 2.05) is 6.92 Å². The highest BCUT2D eigenvalue weighted by molar-refractivity contribution is 7.89. The van der Waals surface area contributed by atoms with Gasteiger partial charge in [-0.25, -0.2) is 8.42 Å². The van der Waals surface area contributed by atoms with Crippen molar-refractivity contribution in [1.82, 2.24) is 4.31 Å². The van der Waals surface area contributed by atoms with Crippen LogP contribution in [0.15, 0.2) is 23.1 Å². The number of sulfonamides is 1. The molecule has 0 spiro atoms. The van der Waals surface area contributed by atoms with Gasteiger partial charge in [0.15, 0.2) is 0 Å². The molecule has 0 bridgehead atoms. The van der Waals surface area contributed by atoms with E-state index >= 15 is 0 Å². The van der Waals surface area contributed by atoms with Crippen molar-refractivity contribution in [1.29, 1.82) is 0 Å². The molecule has 0 amide bonds. The van der Waals surface area contributed by atoms with Gasteiger partial charge in [-0.1, -0.05) is 24.6 Å². The van der Waals surface area contributed by atoms with Crippen molar-refractivity contribution in [2.75, 3.05) is 19.7 Å². The Balaban J connectivity index is 2.28. The van der Waals surface area contributed by atoms with E-state index < -0.39 is 10.0 Å². The lowest BCUT2D eigenvalue weighted by atomic mass is 10.2. The fraction of sp³-hybridized carbons (Fsp3) is 0.538. The standard InChI is InChI=1S/C13H18ClNO4S/c1-2-11-8-15(5-6-19-11)20(17,18)12-4-3-10(9-16)13(14)7-12/h3-4,7,11,16H,2,5-6,8-9H2,1H3. The number of aliphatic hydroxyl groups is 1. The molecule has 1 aliphatic heterocycles. The minimum absolute atomic E-state index is 0.0642. The van der Waals surface area contributed by atoms with E-state index in [1.54, 1.807) is 0 Å². The second-order valence-electron chi connectivity index (χ2n) is 4.68. The zero-order valence-electron chi connectivity index (χ0n) is 11.3. The number of aliphatic hydroxyl groups excluding tert-OH is 1. The Bertz CT molecular complexity index is 576. The number of nitrogens with zero attached hydrogens (tertiary/aromatic N) is 1. The summed E-state index contributed by atoms with van der Waals surface area (Å²) in [5, 5.41) is 9.32. The van der Waals surface area contributed by atoms with E-state index in [9.17, 15) is 8.42 Å². The van der Waals surface area contributed by atoms with Crippen molar-refractivity contribution in [2.45, 2.75) is 31.0 Å². The normalized spacial score (nSPS) is 21.1. The predicted octanol–water partition coefficient (Wildman–Crippen LogP) is 1.63. The zero-order chi connectivity index (χ0) is 14.8. The minimum atomic E-state index is -3.57. The molecule has 1 unspecified atom stereocenters. The first kappa shape index (κ1) is 15.7. The van der Waals surface area contributed by atoms with Gasteiger partial charge in [-0.2, -0.15) is 4.31 Å². The smallest absolute Gasteiger partial charge is 0.243 e. The molecule has 1 aromatic rings. The van der Waals surface area contributed by atoms with E-state index in [1.165, 1.54) is 22.5 Å². The highest BCUT2D eigenvalue weighted by Gasteiger charge is 2.30. The Kier molecular flexibility index (Phi) is 5.04. The van der Waals surface area contributed by atoms with Gasteiger partial charge in [-0.05, 0) is 24.1 Å². The summed E-state index contributed by atoms with van der Waals surface area (Å²) in [5.41, 5.74) is 0.513. The van der Waals surface area contributed by atoms with Crippen LogP contribution in [0.5, 0.6) is 0 Å². The largest absolute Gasteiger partial charge is 0.392 e. The average molecular weight is 320 g/mol. The molecule has 2 rings (SSSR count). The maximum absolute atomic E-state index is 12.5. The van der Waals surface area contributed by atoms with Crippen molar-refractivity contribution in [3.05, 3.63) is 28.8 Å². The first-order valence-corrected chi connectivity index (χ1v) is 8.32. The fourth-order valence-electron chi connectivity index (χ4n) is 2.12. The van der Waals surface area contributed by atoms with Gasteiger partial charge in [0.25, 0.3) is 0 Å². The molecule has 112 valence electrons. The van der Waals surface area contributed by atoms with Crippen LogP contribution in [0.2, 0.25) is 5.02 Å². The van der Waals surface area contributed by atoms with Crippen molar-refractivity contribution >= 4 is 21.6 Å². The molecule has 5 nitrogen and oxygen atoms in total. The minimum Gasteiger partial charge on any atom is -0.392 e. The third-order valence-corrected chi connectivity index (χ3v) is 5.60. The second-order valence-corrected chi connectivity index (χ2v) is 7.02. The maximum atomic E-state index is 12.5. The van der Waals surface area contributed by atoms with Crippen LogP contribution < -0.4 is 0 Å². The summed E-state index contributed by atoms with van der Waals surface area (Å²) >= 11 is 5.96. The van der Waals surface area contributed by atoms with Crippen LogP contribution in [0.25, 0.3) is 0 Å². The Morgan fingerprint density at radius 1 is 1.50 bits per heavy atom. The van der Waals surface area contributed by atoms with Crippen molar-refractivity contribution in [3.63, 3.8) is 0 Å². The van der Waals surface area contributed by atoms with Crippen LogP contribution in [0.4, 0.5) is 0 Å². The van der Waals surface area contributed by atoms with Crippen LogP contribution in [0.1, 0.15) is 18.9 Å². The van der Waals surface area contributed by atoms with Gasteiger partial charge in [0.1, 0.15) is 0 Å². The zero-order valence-corrected chi connectivity index (χ0v) is 12.8. The van der Waals surface area contributed by atoms with E-state index in [2.05, 4.69) is 0 Å². The molecule has 1 atom stereocenters. The Morgan fingerprint density at radius 3 is 2.85 bits per heavy atom. The van der Waals surface area contributed by atoms with E-state index in [0.29, 0.717) is 25.3 Å². The summed E-state index contributed by atoms with van der Waals surface area (Å²) in [6, 6.07) is 4.40. The molecule has 20 heavy (non-hydrogen) atoms. The van der Waals surface area contributed by atoms with E-state index in [-0.39, 0.29) is 22.6 Å². The van der Waals surface area contributed by atoms with Gasteiger partial charge in [-0.15, -0.1) is 0 Å². The monoisotopic (exact) mass is 319 g/mol. The highest BCUT2D eigenvalue weighted by Crippen LogP contribution is 2.25. The number of ether oxygens (including phenoxy) is 1. The molecular formula is C13H18ClNO4S. The van der Waals surface area contributed by atoms with E-state index in [0.717, 1.165) is 6.42 Å². The summed E-state index contributed by atoms with van der Waals surface area (Å²) in [6.07, 6.45) is 0.710. The number of benzene rings is 1. The topological polar surface area (TPSA) is 66.8 Å². The lowest BCUT2D eigenvalue weighted by Gasteiger charge is -2.31. The van der Waals surface area contributed by atoms with Crippen LogP contribution in [-0.4, -0.2) is 43.6 Å². The van der Waals surface area contributed by atoms with E-state index in [4.69, 9.17) is 21.4 Å². The quantitative estimate of drug-likeness (QED) is 0.916. The van der Waals surface area contributed by atoms with Crippen LogP contribution in [0.3, 0.4) is 0 Å². The molecule has 1 aromatic carbocycles. The summed E-state index contributed by atoms with van der Waals surface area (Å²) in [4.78, 5) is 0.149. The fourth-order valence-corrected chi connectivity index (χ4v) is 3.91. The van der Waals surface area contributed by atoms with Gasteiger partial charge in [-0.3, -0.25) is 0 Å². The molecule has 0 aliphatic carbocycles. The number of hydrogen-bond acceptors (Lipinski definition) is 4. The molecule has 1 N–H and O–H groups in total. The summed E-state index contributed by atoms with van der Waals surface area (Å²) in [6.45, 7) is 2.86. The SMILES string of the molecule is CCC1CN(S(=O)(=O)c2ccc(CO)c(Cl)c2)CCO1. The van der Waals surface area contributed by atoms with Crippen molar-refractivity contribution < 1.29 is 18.3 Å². The first-order valence-electron chi connectivity index (χ1n) is 6.50. The summed E-state index contributed by atoms with van der Waals surface area (Å²) in [5.74, 6) is 0. The molecule has 1 heterocycles. The predicted molar refractivity (Wildman–Crippen MR) is 76.2 cm³/mol. The molecule has 1 fully saturated rings. The van der Waals surface area contributed by atoms with Crippen molar-refractivity contribution in [2.24, 2.45) is 0 Å². The maximum Gasteiger partial charge on any atom is 0.243 e. The molecule has 0 aromatic heterocycles. The average Bonchev–Trinajstić information content (AvgIpc) is 2.47. The molecule has 0 saturated carbocycles. The van der Waals surface area contributed by atoms with Gasteiger partial charge < -0.3 is 9.84 Å². The summed E-state index contributed by atoms with van der Waals surface area (Å²) in [7, 11) is -3.57. The van der Waals surface area contributed by atoms with Crippen LogP contribution in [0, 0.1) is 0 Å². The number of rotatable bonds is 4. The lowest BCUT2D eigenvalue weighted by molar-refractivity contribution is -0.00277. The number of halogens is 1. The lowest BCUT2D eigenvalue weighted by Crippen LogP contribution is -2.45. The Labute approximate surface area is 124 Å². The number of hydrogen-bond donors (Lipinski definition) is 1. The summed E-state index contributed by atoms with van der Waals surface area (Å²) < 4.78 is 32.0. The number of morpholine rings is 1. The third kappa shape index (κ3) is 3.15. The van der Waals surface area contributed by atoms with Gasteiger partial charge >= 0.3 is 0 Å². The second kappa shape index (κ2) is 6.41. The highest BCUT2D eigenvalue weighted by atomic mass is 35.5. The first-order chi connectivity index (χ1) is 9.48. The van der Waals surface area contributed by atoms with Gasteiger partial charge in [0.05, 0.1) is 24.2 Å². The molecule has 1 aliphatic rings. The van der Waals surface area contributed by atoms with Gasteiger partial charge in [0, 0.05) is 18.1 Å². The molecular weight excluding hydrogens is 302 g/mol. The molecule has 7 heteroatoms. The molecule has 1 saturated heterocycles. The molecule has 0 radical (unpaired) electrons. The Hall–Kier alpha value is -0.660. The third-order valence-electron chi connectivity index (χ3n) is 3.39. The van der Waals surface area contributed by atoms with Gasteiger partial charge in [0.2, 0.25) is 10.0 Å². The van der Waals surface area contributed by atoms with Crippen LogP contribution in [-0.2, 0) is 21.4 Å². The Morgan fingerprint density at radius 2 is 2.25 bits per heavy atom.